The molecule has 0 saturated heterocycles. The fraction of sp³-hybridized carbons (Fsp3) is 0.409. The molecule has 2 aromatic rings. The van der Waals surface area contributed by atoms with E-state index in [0.717, 1.165) is 42.7 Å². The molecular formula is C22H25NO3. The number of hydrogen-bond acceptors (Lipinski definition) is 3. The van der Waals surface area contributed by atoms with Gasteiger partial charge in [0.1, 0.15) is 0 Å². The van der Waals surface area contributed by atoms with Crippen LogP contribution < -0.4 is 9.47 Å². The zero-order chi connectivity index (χ0) is 17.9. The van der Waals surface area contributed by atoms with Gasteiger partial charge in [-0.3, -0.25) is 4.79 Å². The highest BCUT2D eigenvalue weighted by molar-refractivity contribution is 5.79. The SMILES string of the molecule is CC(c1ccccc1)N(Cc1ccc2c(c1)OCO2)C(=O)C1CCCC1. The molecule has 1 fully saturated rings. The molecule has 0 aromatic heterocycles. The van der Waals surface area contributed by atoms with Crippen LogP contribution in [0.15, 0.2) is 48.5 Å². The standard InChI is InChI=1S/C22H25NO3/c1-16(18-7-3-2-4-8-18)23(22(24)19-9-5-6-10-19)14-17-11-12-20-21(13-17)26-15-25-20/h2-4,7-8,11-13,16,19H,5-6,9-10,14-15H2,1H3. The number of benzene rings is 2. The van der Waals surface area contributed by atoms with Gasteiger partial charge >= 0.3 is 0 Å². The number of hydrogen-bond donors (Lipinski definition) is 0. The minimum absolute atomic E-state index is 0.0368. The van der Waals surface area contributed by atoms with Crippen LogP contribution in [0.3, 0.4) is 0 Å². The largest absolute Gasteiger partial charge is 0.454 e. The maximum absolute atomic E-state index is 13.3. The molecule has 2 aliphatic rings. The van der Waals surface area contributed by atoms with E-state index < -0.39 is 0 Å². The average molecular weight is 351 g/mol. The van der Waals surface area contributed by atoms with E-state index >= 15 is 0 Å². The van der Waals surface area contributed by atoms with Crippen LogP contribution in [0.1, 0.15) is 49.8 Å². The van der Waals surface area contributed by atoms with E-state index in [9.17, 15) is 4.79 Å². The molecule has 0 spiro atoms. The third-order valence-electron chi connectivity index (χ3n) is 5.53. The van der Waals surface area contributed by atoms with E-state index in [1.54, 1.807) is 0 Å². The molecule has 2 aromatic carbocycles. The summed E-state index contributed by atoms with van der Waals surface area (Å²) in [7, 11) is 0. The Bertz CT molecular complexity index is 768. The van der Waals surface area contributed by atoms with Crippen molar-refractivity contribution in [3.63, 3.8) is 0 Å². The summed E-state index contributed by atoms with van der Waals surface area (Å²) in [6.45, 7) is 2.97. The third-order valence-corrected chi connectivity index (χ3v) is 5.53. The van der Waals surface area contributed by atoms with Crippen LogP contribution in [-0.4, -0.2) is 17.6 Å². The van der Waals surface area contributed by atoms with Crippen molar-refractivity contribution >= 4 is 5.91 Å². The molecule has 26 heavy (non-hydrogen) atoms. The highest BCUT2D eigenvalue weighted by Gasteiger charge is 2.30. The van der Waals surface area contributed by atoms with Crippen molar-refractivity contribution in [3.05, 3.63) is 59.7 Å². The van der Waals surface area contributed by atoms with Crippen molar-refractivity contribution in [3.8, 4) is 11.5 Å². The fourth-order valence-corrected chi connectivity index (χ4v) is 3.96. The molecule has 0 bridgehead atoms. The minimum atomic E-state index is 0.0368. The van der Waals surface area contributed by atoms with Gasteiger partial charge in [-0.1, -0.05) is 49.2 Å². The van der Waals surface area contributed by atoms with Crippen LogP contribution in [0.25, 0.3) is 0 Å². The van der Waals surface area contributed by atoms with E-state index in [0.29, 0.717) is 6.54 Å². The molecular weight excluding hydrogens is 326 g/mol. The minimum Gasteiger partial charge on any atom is -0.454 e. The Morgan fingerprint density at radius 3 is 2.58 bits per heavy atom. The molecule has 1 unspecified atom stereocenters. The lowest BCUT2D eigenvalue weighted by molar-refractivity contribution is -0.138. The maximum Gasteiger partial charge on any atom is 0.231 e. The first-order valence-corrected chi connectivity index (χ1v) is 9.46. The third kappa shape index (κ3) is 3.41. The molecule has 1 saturated carbocycles. The van der Waals surface area contributed by atoms with Crippen LogP contribution in [-0.2, 0) is 11.3 Å². The Balaban J connectivity index is 1.60. The smallest absolute Gasteiger partial charge is 0.231 e. The Morgan fingerprint density at radius 2 is 1.81 bits per heavy atom. The molecule has 1 amide bonds. The molecule has 4 heteroatoms. The van der Waals surface area contributed by atoms with Gasteiger partial charge in [-0.2, -0.15) is 0 Å². The zero-order valence-corrected chi connectivity index (χ0v) is 15.2. The van der Waals surface area contributed by atoms with E-state index in [-0.39, 0.29) is 24.7 Å². The molecule has 4 nitrogen and oxygen atoms in total. The van der Waals surface area contributed by atoms with Gasteiger partial charge in [0.05, 0.1) is 6.04 Å². The number of fused-ring (bicyclic) bond motifs is 1. The van der Waals surface area contributed by atoms with Gasteiger partial charge in [0.25, 0.3) is 0 Å². The van der Waals surface area contributed by atoms with Crippen molar-refractivity contribution in [2.45, 2.75) is 45.2 Å². The van der Waals surface area contributed by atoms with Crippen LogP contribution in [0.4, 0.5) is 0 Å². The summed E-state index contributed by atoms with van der Waals surface area (Å²) in [5, 5.41) is 0. The van der Waals surface area contributed by atoms with E-state index in [1.165, 1.54) is 5.56 Å². The van der Waals surface area contributed by atoms with Crippen molar-refractivity contribution in [2.75, 3.05) is 6.79 Å². The van der Waals surface area contributed by atoms with Gasteiger partial charge in [0, 0.05) is 12.5 Å². The van der Waals surface area contributed by atoms with Crippen molar-refractivity contribution in [2.24, 2.45) is 5.92 Å². The van der Waals surface area contributed by atoms with E-state index in [4.69, 9.17) is 9.47 Å². The molecule has 0 N–H and O–H groups in total. The summed E-state index contributed by atoms with van der Waals surface area (Å²) in [5.41, 5.74) is 2.24. The van der Waals surface area contributed by atoms with Gasteiger partial charge in [-0.25, -0.2) is 0 Å². The summed E-state index contributed by atoms with van der Waals surface area (Å²) in [4.78, 5) is 15.3. The molecule has 0 radical (unpaired) electrons. The van der Waals surface area contributed by atoms with Gasteiger partial charge in [0.15, 0.2) is 11.5 Å². The maximum atomic E-state index is 13.3. The van der Waals surface area contributed by atoms with Gasteiger partial charge in [0.2, 0.25) is 12.7 Å². The lowest BCUT2D eigenvalue weighted by atomic mass is 10.0. The van der Waals surface area contributed by atoms with Gasteiger partial charge in [-0.05, 0) is 43.0 Å². The molecule has 136 valence electrons. The van der Waals surface area contributed by atoms with Gasteiger partial charge < -0.3 is 14.4 Å². The predicted octanol–water partition coefficient (Wildman–Crippen LogP) is 4.70. The fourth-order valence-electron chi connectivity index (χ4n) is 3.96. The van der Waals surface area contributed by atoms with Crippen molar-refractivity contribution < 1.29 is 14.3 Å². The summed E-state index contributed by atoms with van der Waals surface area (Å²) < 4.78 is 10.9. The summed E-state index contributed by atoms with van der Waals surface area (Å²) in [6, 6.07) is 16.3. The predicted molar refractivity (Wildman–Crippen MR) is 99.9 cm³/mol. The first-order valence-electron chi connectivity index (χ1n) is 9.46. The van der Waals surface area contributed by atoms with Crippen LogP contribution >= 0.6 is 0 Å². The number of nitrogens with zero attached hydrogens (tertiary/aromatic N) is 1. The number of amides is 1. The lowest BCUT2D eigenvalue weighted by Crippen LogP contribution is -2.37. The Morgan fingerprint density at radius 1 is 1.08 bits per heavy atom. The van der Waals surface area contributed by atoms with Crippen molar-refractivity contribution in [1.29, 1.82) is 0 Å². The van der Waals surface area contributed by atoms with Crippen LogP contribution in [0, 0.1) is 5.92 Å². The molecule has 4 rings (SSSR count). The highest BCUT2D eigenvalue weighted by Crippen LogP contribution is 2.35. The number of carbonyl (C=O) groups is 1. The van der Waals surface area contributed by atoms with Gasteiger partial charge in [-0.15, -0.1) is 0 Å². The van der Waals surface area contributed by atoms with Crippen molar-refractivity contribution in [1.82, 2.24) is 4.90 Å². The average Bonchev–Trinajstić information content (AvgIpc) is 3.37. The molecule has 1 heterocycles. The van der Waals surface area contributed by atoms with E-state index in [2.05, 4.69) is 19.1 Å². The topological polar surface area (TPSA) is 38.8 Å². The Hall–Kier alpha value is -2.49. The van der Waals surface area contributed by atoms with Crippen LogP contribution in [0.5, 0.6) is 11.5 Å². The quantitative estimate of drug-likeness (QED) is 0.784. The molecule has 1 aliphatic heterocycles. The number of ether oxygens (including phenoxy) is 2. The Labute approximate surface area is 154 Å². The summed E-state index contributed by atoms with van der Waals surface area (Å²) in [6.07, 6.45) is 4.35. The second kappa shape index (κ2) is 7.40. The monoisotopic (exact) mass is 351 g/mol. The summed E-state index contributed by atoms with van der Waals surface area (Å²) >= 11 is 0. The highest BCUT2D eigenvalue weighted by atomic mass is 16.7. The molecule has 1 atom stereocenters. The number of rotatable bonds is 5. The summed E-state index contributed by atoms with van der Waals surface area (Å²) in [5.74, 6) is 1.98. The molecule has 1 aliphatic carbocycles. The zero-order valence-electron chi connectivity index (χ0n) is 15.2. The van der Waals surface area contributed by atoms with Crippen LogP contribution in [0.2, 0.25) is 0 Å². The second-order valence-corrected chi connectivity index (χ2v) is 7.22. The van der Waals surface area contributed by atoms with E-state index in [1.807, 2.05) is 41.3 Å². The first kappa shape index (κ1) is 17.0. The first-order chi connectivity index (χ1) is 12.7. The second-order valence-electron chi connectivity index (χ2n) is 7.22. The normalized spacial score (nSPS) is 17.3. The lowest BCUT2D eigenvalue weighted by Gasteiger charge is -2.32. The number of carbonyl (C=O) groups excluding carboxylic acids is 1. The Kier molecular flexibility index (Phi) is 4.83.